The van der Waals surface area contributed by atoms with E-state index in [-0.39, 0.29) is 11.4 Å². The van der Waals surface area contributed by atoms with E-state index < -0.39 is 22.6 Å². The van der Waals surface area contributed by atoms with Crippen LogP contribution >= 0.6 is 0 Å². The highest BCUT2D eigenvalue weighted by Crippen LogP contribution is 2.41. The van der Waals surface area contributed by atoms with Gasteiger partial charge in [-0.1, -0.05) is 12.0 Å². The molecule has 3 heterocycles. The van der Waals surface area contributed by atoms with E-state index in [9.17, 15) is 21.6 Å². The summed E-state index contributed by atoms with van der Waals surface area (Å²) in [5.41, 5.74) is 2.38. The normalized spacial score (nSPS) is 22.5. The number of nitrogens with zero attached hydrogens (tertiary/aromatic N) is 3. The maximum atomic E-state index is 13.8. The number of nitrogens with one attached hydrogen (secondary N) is 1. The van der Waals surface area contributed by atoms with Crippen LogP contribution < -0.4 is 20.6 Å². The van der Waals surface area contributed by atoms with E-state index in [1.807, 2.05) is 12.1 Å². The highest BCUT2D eigenvalue weighted by molar-refractivity contribution is 7.90. The second-order valence-electron chi connectivity index (χ2n) is 13.2. The number of rotatable bonds is 9. The lowest BCUT2D eigenvalue weighted by Crippen LogP contribution is -2.68. The first-order valence-corrected chi connectivity index (χ1v) is 18.0. The molecule has 46 heavy (non-hydrogen) atoms. The van der Waals surface area contributed by atoms with Gasteiger partial charge in [0.05, 0.1) is 42.6 Å². The van der Waals surface area contributed by atoms with Crippen LogP contribution in [0, 0.1) is 17.3 Å². The van der Waals surface area contributed by atoms with Crippen molar-refractivity contribution in [3.05, 3.63) is 40.5 Å². The standard InChI is InChI=1S/C34H43F3N4O4S/c1-4-45-32-18-27(46(3,42)43)14-15-29(32)38-16-6-7-26-17-28-30(8-5-9-31(28)41(26)21-34(35,36)37)39(2)24-10-12-25(13-11-24)40-19-33(20-40)22-44-23-33/h9,14-15,17-18,24-25,38H,4-5,8,10-13,16,19-23H2,1-3H3. The van der Waals surface area contributed by atoms with Crippen LogP contribution in [-0.2, 0) is 21.1 Å². The van der Waals surface area contributed by atoms with E-state index in [0.717, 1.165) is 75.6 Å². The topological polar surface area (TPSA) is 76.0 Å². The predicted molar refractivity (Wildman–Crippen MR) is 172 cm³/mol. The quantitative estimate of drug-likeness (QED) is 0.413. The van der Waals surface area contributed by atoms with Crippen molar-refractivity contribution in [3.8, 4) is 17.6 Å². The molecule has 2 aliphatic heterocycles. The zero-order valence-electron chi connectivity index (χ0n) is 26.8. The second-order valence-corrected chi connectivity index (χ2v) is 15.2. The molecule has 1 N–H and O–H groups in total. The first-order chi connectivity index (χ1) is 21.9. The number of alkyl halides is 3. The van der Waals surface area contributed by atoms with Gasteiger partial charge in [0.15, 0.2) is 9.84 Å². The fourth-order valence-electron chi connectivity index (χ4n) is 7.42. The third-order valence-corrected chi connectivity index (χ3v) is 10.9. The van der Waals surface area contributed by atoms with Crippen molar-refractivity contribution < 1.29 is 31.1 Å². The van der Waals surface area contributed by atoms with Gasteiger partial charge in [-0.2, -0.15) is 13.2 Å². The Morgan fingerprint density at radius 2 is 1.89 bits per heavy atom. The highest BCUT2D eigenvalue weighted by atomic mass is 32.2. The number of aromatic nitrogens is 1. The van der Waals surface area contributed by atoms with Crippen molar-refractivity contribution in [1.82, 2.24) is 14.4 Å². The highest BCUT2D eigenvalue weighted by Gasteiger charge is 2.51. The third-order valence-electron chi connectivity index (χ3n) is 9.82. The molecule has 0 bridgehead atoms. The molecule has 8 nitrogen and oxygen atoms in total. The third kappa shape index (κ3) is 6.92. The molecular formula is C34H43F3N4O4S. The molecule has 1 saturated carbocycles. The Balaban J connectivity index is 1.20. The lowest BCUT2D eigenvalue weighted by molar-refractivity contribution is -0.200. The predicted octanol–water partition coefficient (Wildman–Crippen LogP) is 3.57. The van der Waals surface area contributed by atoms with E-state index in [1.165, 1.54) is 16.7 Å². The molecule has 3 fully saturated rings. The summed E-state index contributed by atoms with van der Waals surface area (Å²) in [4.78, 5) is 5.07. The molecule has 4 aliphatic rings. The van der Waals surface area contributed by atoms with Crippen LogP contribution in [0.25, 0.3) is 11.8 Å². The number of likely N-dealkylation sites (tertiary alicyclic amines) is 1. The van der Waals surface area contributed by atoms with Gasteiger partial charge in [0, 0.05) is 66.2 Å². The van der Waals surface area contributed by atoms with Crippen LogP contribution in [0.3, 0.4) is 0 Å². The van der Waals surface area contributed by atoms with Crippen LogP contribution in [0.2, 0.25) is 0 Å². The van der Waals surface area contributed by atoms with Crippen molar-refractivity contribution in [3.63, 3.8) is 0 Å². The average Bonchev–Trinajstić information content (AvgIpc) is 3.30. The minimum Gasteiger partial charge on any atom is -0.492 e. The number of fused-ring (bicyclic) bond motifs is 1. The molecule has 2 aromatic rings. The zero-order valence-corrected chi connectivity index (χ0v) is 27.6. The number of hydrogen-bond donors (Lipinski definition) is 1. The fourth-order valence-corrected chi connectivity index (χ4v) is 8.06. The Kier molecular flexibility index (Phi) is 9.13. The van der Waals surface area contributed by atoms with Crippen LogP contribution in [0.5, 0.6) is 5.75 Å². The minimum absolute atomic E-state index is 0.134. The van der Waals surface area contributed by atoms with E-state index in [0.29, 0.717) is 53.0 Å². The minimum atomic E-state index is -4.40. The number of halogens is 3. The van der Waals surface area contributed by atoms with Gasteiger partial charge in [-0.15, -0.1) is 0 Å². The molecule has 12 heteroatoms. The molecule has 0 radical (unpaired) electrons. The first-order valence-electron chi connectivity index (χ1n) is 16.1. The van der Waals surface area contributed by atoms with Crippen LogP contribution in [0.4, 0.5) is 18.9 Å². The van der Waals surface area contributed by atoms with Crippen LogP contribution in [0.1, 0.15) is 51.1 Å². The Bertz CT molecular complexity index is 1740. The molecule has 1 spiro atoms. The summed E-state index contributed by atoms with van der Waals surface area (Å²) >= 11 is 0. The fraction of sp³-hybridized carbons (Fsp3) is 0.588. The van der Waals surface area contributed by atoms with Gasteiger partial charge in [-0.3, -0.25) is 4.90 Å². The van der Waals surface area contributed by atoms with Gasteiger partial charge in [-0.25, -0.2) is 8.42 Å². The Morgan fingerprint density at radius 1 is 1.15 bits per heavy atom. The summed E-state index contributed by atoms with van der Waals surface area (Å²) in [5.74, 6) is 6.33. The largest absolute Gasteiger partial charge is 0.492 e. The van der Waals surface area contributed by atoms with E-state index in [1.54, 1.807) is 13.0 Å². The maximum Gasteiger partial charge on any atom is 0.406 e. The Morgan fingerprint density at radius 3 is 2.52 bits per heavy atom. The average molecular weight is 661 g/mol. The van der Waals surface area contributed by atoms with Crippen molar-refractivity contribution >= 4 is 27.3 Å². The van der Waals surface area contributed by atoms with E-state index in [2.05, 4.69) is 34.0 Å². The summed E-state index contributed by atoms with van der Waals surface area (Å²) < 4.78 is 77.7. The molecule has 250 valence electrons. The smallest absolute Gasteiger partial charge is 0.406 e. The number of anilines is 1. The monoisotopic (exact) mass is 660 g/mol. The molecule has 0 amide bonds. The van der Waals surface area contributed by atoms with E-state index in [4.69, 9.17) is 9.47 Å². The molecule has 2 aliphatic carbocycles. The lowest BCUT2D eigenvalue weighted by Gasteiger charge is -2.58. The SMILES string of the molecule is CCOc1cc(S(C)(=O)=O)ccc1NCC#Cc1cc2c(n1CC(F)(F)F)=CCCC=2N(C)C1CCC(N2CC3(COC3)C2)CC1. The van der Waals surface area contributed by atoms with Crippen molar-refractivity contribution in [1.29, 1.82) is 0 Å². The number of benzene rings is 1. The zero-order chi connectivity index (χ0) is 32.7. The molecule has 0 atom stereocenters. The Hall–Kier alpha value is -3.14. The second kappa shape index (κ2) is 12.8. The lowest BCUT2D eigenvalue weighted by atomic mass is 9.75. The molecule has 0 unspecified atom stereocenters. The summed E-state index contributed by atoms with van der Waals surface area (Å²) in [6.07, 6.45) is 4.51. The van der Waals surface area contributed by atoms with Crippen molar-refractivity contribution in [2.24, 2.45) is 5.41 Å². The summed E-state index contributed by atoms with van der Waals surface area (Å²) in [6, 6.07) is 7.33. The number of ether oxygens (including phenoxy) is 2. The molecular weight excluding hydrogens is 617 g/mol. The van der Waals surface area contributed by atoms with Crippen molar-refractivity contribution in [2.75, 3.05) is 58.1 Å². The summed E-state index contributed by atoms with van der Waals surface area (Å²) in [6.45, 7) is 5.23. The maximum absolute atomic E-state index is 13.8. The van der Waals surface area contributed by atoms with Gasteiger partial charge in [-0.05, 0) is 69.6 Å². The first kappa shape index (κ1) is 32.8. The molecule has 1 aromatic carbocycles. The van der Waals surface area contributed by atoms with Gasteiger partial charge in [0.1, 0.15) is 12.3 Å². The molecule has 1 aromatic heterocycles. The van der Waals surface area contributed by atoms with Gasteiger partial charge < -0.3 is 24.3 Å². The van der Waals surface area contributed by atoms with Crippen molar-refractivity contribution in [2.45, 2.75) is 75.1 Å². The van der Waals surface area contributed by atoms with Crippen LogP contribution in [-0.4, -0.2) is 93.8 Å². The number of sulfone groups is 1. The summed E-state index contributed by atoms with van der Waals surface area (Å²) in [5, 5.41) is 4.54. The van der Waals surface area contributed by atoms with Gasteiger partial charge in [0.25, 0.3) is 0 Å². The Labute approximate surface area is 269 Å². The summed E-state index contributed by atoms with van der Waals surface area (Å²) in [7, 11) is -1.32. The van der Waals surface area contributed by atoms with Gasteiger partial charge >= 0.3 is 6.18 Å². The van der Waals surface area contributed by atoms with Gasteiger partial charge in [0.2, 0.25) is 0 Å². The number of hydrogen-bond acceptors (Lipinski definition) is 7. The van der Waals surface area contributed by atoms with E-state index >= 15 is 0 Å². The van der Waals surface area contributed by atoms with Crippen LogP contribution in [0.15, 0.2) is 29.2 Å². The molecule has 2 saturated heterocycles. The molecule has 6 rings (SSSR count).